The summed E-state index contributed by atoms with van der Waals surface area (Å²) in [7, 11) is 0. The molecular weight excluding hydrogens is 368 g/mol. The van der Waals surface area contributed by atoms with Crippen molar-refractivity contribution in [1.29, 1.82) is 0 Å². The third kappa shape index (κ3) is 3.49. The van der Waals surface area contributed by atoms with E-state index in [2.05, 4.69) is 32.0 Å². The van der Waals surface area contributed by atoms with Crippen LogP contribution in [0.5, 0.6) is 0 Å². The van der Waals surface area contributed by atoms with Crippen molar-refractivity contribution < 1.29 is 14.3 Å². The van der Waals surface area contributed by atoms with Gasteiger partial charge in [0.15, 0.2) is 17.2 Å². The number of rotatable bonds is 2. The van der Waals surface area contributed by atoms with E-state index < -0.39 is 0 Å². The number of nitrogens with zero attached hydrogens (tertiary/aromatic N) is 4. The maximum absolute atomic E-state index is 10.6. The number of hydrogen-bond acceptors (Lipinski definition) is 7. The molecule has 0 saturated carbocycles. The number of anilines is 1. The van der Waals surface area contributed by atoms with E-state index in [0.717, 1.165) is 42.8 Å². The molecule has 2 aromatic heterocycles. The van der Waals surface area contributed by atoms with Gasteiger partial charge >= 0.3 is 0 Å². The largest absolute Gasteiger partial charge is 0.422 e. The zero-order valence-electron chi connectivity index (χ0n) is 16.8. The average molecular weight is 394 g/mol. The van der Waals surface area contributed by atoms with E-state index in [9.17, 15) is 5.11 Å². The van der Waals surface area contributed by atoms with Crippen LogP contribution in [-0.2, 0) is 4.74 Å². The van der Waals surface area contributed by atoms with Crippen molar-refractivity contribution in [1.82, 2.24) is 15.0 Å². The molecule has 5 rings (SSSR count). The van der Waals surface area contributed by atoms with Gasteiger partial charge in [-0.15, -0.1) is 0 Å². The second-order valence-corrected chi connectivity index (χ2v) is 8.26. The average Bonchev–Trinajstić information content (AvgIpc) is 3.08. The van der Waals surface area contributed by atoms with Crippen molar-refractivity contribution in [3.8, 4) is 0 Å². The molecule has 4 heterocycles. The molecule has 2 aliphatic heterocycles. The summed E-state index contributed by atoms with van der Waals surface area (Å²) in [5.41, 5.74) is 2.10. The summed E-state index contributed by atoms with van der Waals surface area (Å²) in [5.74, 6) is 2.10. The molecule has 0 radical (unpaired) electrons. The summed E-state index contributed by atoms with van der Waals surface area (Å²) >= 11 is 0. The Labute approximate surface area is 169 Å². The Morgan fingerprint density at radius 1 is 1.07 bits per heavy atom. The topological polar surface area (TPSA) is 84.5 Å². The molecule has 7 heteroatoms. The van der Waals surface area contributed by atoms with E-state index >= 15 is 0 Å². The highest BCUT2D eigenvalue weighted by Crippen LogP contribution is 2.43. The second kappa shape index (κ2) is 7.07. The van der Waals surface area contributed by atoms with Gasteiger partial charge in [-0.2, -0.15) is 4.98 Å². The fourth-order valence-electron chi connectivity index (χ4n) is 4.71. The zero-order chi connectivity index (χ0) is 20.0. The van der Waals surface area contributed by atoms with Crippen molar-refractivity contribution in [3.05, 3.63) is 47.6 Å². The lowest BCUT2D eigenvalue weighted by molar-refractivity contribution is -0.173. The fraction of sp³-hybridized carbons (Fsp3) is 0.500. The summed E-state index contributed by atoms with van der Waals surface area (Å²) in [5, 5.41) is 10.6. The minimum absolute atomic E-state index is 0.0577. The molecule has 7 nitrogen and oxygen atoms in total. The van der Waals surface area contributed by atoms with Crippen LogP contribution in [0.1, 0.15) is 49.1 Å². The molecule has 2 saturated heterocycles. The van der Waals surface area contributed by atoms with Crippen LogP contribution in [0.2, 0.25) is 0 Å². The number of aliphatic hydroxyl groups excluding tert-OH is 1. The molecular formula is C22H26N4O3. The molecule has 0 amide bonds. The summed E-state index contributed by atoms with van der Waals surface area (Å²) in [6.07, 6.45) is 2.62. The third-order valence-corrected chi connectivity index (χ3v) is 6.09. The summed E-state index contributed by atoms with van der Waals surface area (Å²) < 4.78 is 12.2. The molecule has 1 N–H and O–H groups in total. The van der Waals surface area contributed by atoms with Gasteiger partial charge in [0.25, 0.3) is 5.71 Å². The molecule has 0 aliphatic carbocycles. The van der Waals surface area contributed by atoms with Crippen LogP contribution in [0, 0.1) is 13.8 Å². The minimum Gasteiger partial charge on any atom is -0.422 e. The smallest absolute Gasteiger partial charge is 0.252 e. The number of oxazole rings is 1. The number of ether oxygens (including phenoxy) is 1. The molecule has 2 fully saturated rings. The van der Waals surface area contributed by atoms with Crippen LogP contribution in [0.3, 0.4) is 0 Å². The third-order valence-electron chi connectivity index (χ3n) is 6.09. The first-order valence-corrected chi connectivity index (χ1v) is 10.3. The Bertz CT molecular complexity index is 1010. The maximum Gasteiger partial charge on any atom is 0.252 e. The highest BCUT2D eigenvalue weighted by molar-refractivity contribution is 5.82. The van der Waals surface area contributed by atoms with E-state index in [1.807, 2.05) is 32.0 Å². The van der Waals surface area contributed by atoms with Crippen LogP contribution in [0.15, 0.2) is 34.7 Å². The predicted octanol–water partition coefficient (Wildman–Crippen LogP) is 3.49. The maximum atomic E-state index is 10.6. The number of piperidine rings is 1. The number of aliphatic hydroxyl groups is 1. The summed E-state index contributed by atoms with van der Waals surface area (Å²) in [6, 6.07) is 10.2. The van der Waals surface area contributed by atoms with Crippen LogP contribution < -0.4 is 4.90 Å². The Morgan fingerprint density at radius 2 is 1.83 bits per heavy atom. The van der Waals surface area contributed by atoms with Crippen LogP contribution in [0.4, 0.5) is 5.82 Å². The molecule has 0 unspecified atom stereocenters. The number of fused-ring (bicyclic) bond motifs is 1. The van der Waals surface area contributed by atoms with E-state index in [0.29, 0.717) is 30.3 Å². The Balaban J connectivity index is 1.37. The van der Waals surface area contributed by atoms with E-state index in [-0.39, 0.29) is 17.8 Å². The molecule has 3 aromatic rings. The fourth-order valence-corrected chi connectivity index (χ4v) is 4.71. The first-order chi connectivity index (χ1) is 14.0. The van der Waals surface area contributed by atoms with Gasteiger partial charge in [-0.25, -0.2) is 9.97 Å². The van der Waals surface area contributed by atoms with Gasteiger partial charge in [-0.05, 0) is 25.3 Å². The molecule has 1 aromatic carbocycles. The van der Waals surface area contributed by atoms with E-state index in [1.54, 1.807) is 0 Å². The van der Waals surface area contributed by atoms with Gasteiger partial charge in [0, 0.05) is 32.9 Å². The zero-order valence-corrected chi connectivity index (χ0v) is 16.8. The van der Waals surface area contributed by atoms with Crippen molar-refractivity contribution >= 4 is 17.0 Å². The number of hydrogen-bond donors (Lipinski definition) is 1. The summed E-state index contributed by atoms with van der Waals surface area (Å²) in [4.78, 5) is 15.8. The lowest BCUT2D eigenvalue weighted by atomic mass is 9.81. The Kier molecular flexibility index (Phi) is 4.52. The number of benzene rings is 1. The molecule has 29 heavy (non-hydrogen) atoms. The van der Waals surface area contributed by atoms with Gasteiger partial charge in [-0.1, -0.05) is 30.3 Å². The van der Waals surface area contributed by atoms with Crippen LogP contribution in [-0.4, -0.2) is 44.9 Å². The quantitative estimate of drug-likeness (QED) is 0.712. The van der Waals surface area contributed by atoms with Gasteiger partial charge in [0.1, 0.15) is 5.82 Å². The van der Waals surface area contributed by atoms with Crippen molar-refractivity contribution in [2.24, 2.45) is 0 Å². The molecule has 2 aliphatic rings. The van der Waals surface area contributed by atoms with Crippen molar-refractivity contribution in [3.63, 3.8) is 0 Å². The Morgan fingerprint density at radius 3 is 2.59 bits per heavy atom. The first-order valence-electron chi connectivity index (χ1n) is 10.3. The molecule has 152 valence electrons. The molecule has 0 bridgehead atoms. The van der Waals surface area contributed by atoms with Gasteiger partial charge in [0.2, 0.25) is 0 Å². The van der Waals surface area contributed by atoms with Crippen LogP contribution in [0.25, 0.3) is 11.2 Å². The van der Waals surface area contributed by atoms with Crippen molar-refractivity contribution in [2.45, 2.75) is 57.3 Å². The van der Waals surface area contributed by atoms with Gasteiger partial charge < -0.3 is 19.2 Å². The highest BCUT2D eigenvalue weighted by atomic mass is 16.5. The van der Waals surface area contributed by atoms with Gasteiger partial charge in [-0.3, -0.25) is 0 Å². The summed E-state index contributed by atoms with van der Waals surface area (Å²) in [6.45, 7) is 5.29. The van der Waals surface area contributed by atoms with E-state index in [4.69, 9.17) is 9.15 Å². The molecule has 1 spiro atoms. The van der Waals surface area contributed by atoms with Crippen molar-refractivity contribution in [2.75, 3.05) is 18.0 Å². The highest BCUT2D eigenvalue weighted by Gasteiger charge is 2.44. The lowest BCUT2D eigenvalue weighted by Gasteiger charge is -2.48. The van der Waals surface area contributed by atoms with Crippen LogP contribution >= 0.6 is 0 Å². The van der Waals surface area contributed by atoms with E-state index in [1.165, 1.54) is 0 Å². The monoisotopic (exact) mass is 394 g/mol. The van der Waals surface area contributed by atoms with Gasteiger partial charge in [0.05, 0.1) is 17.8 Å². The lowest BCUT2D eigenvalue weighted by Crippen LogP contribution is -2.51. The Hall–Kier alpha value is -2.51. The first kappa shape index (κ1) is 18.5. The second-order valence-electron chi connectivity index (χ2n) is 8.26. The standard InChI is InChI=1S/C22H26N4O3/c1-14-23-20(19-21(24-14)28-15(2)25-19)26-10-8-22(9-11-26)13-17(27)12-18(29-22)16-6-4-3-5-7-16/h3-7,17-18,27H,8-13H2,1-2H3/t17-,18-/m1/s1. The number of aromatic nitrogens is 3. The number of aryl methyl sites for hydroxylation is 2. The normalized spacial score (nSPS) is 24.3. The predicted molar refractivity (Wildman–Crippen MR) is 109 cm³/mol. The molecule has 2 atom stereocenters. The SMILES string of the molecule is Cc1nc(N2CCC3(CC2)C[C@H](O)C[C@H](c2ccccc2)O3)c2nc(C)oc2n1. The minimum atomic E-state index is -0.341.